The third kappa shape index (κ3) is 2.85. The number of benzene rings is 1. The first-order valence-corrected chi connectivity index (χ1v) is 7.72. The number of hydrogen-bond acceptors (Lipinski definition) is 2. The summed E-state index contributed by atoms with van der Waals surface area (Å²) in [6.07, 6.45) is 4.95. The SMILES string of the molecule is C=C1CCC(N2CCC(c3ccccc3)CC2)C(=O)C1. The van der Waals surface area contributed by atoms with E-state index in [1.54, 1.807) is 0 Å². The van der Waals surface area contributed by atoms with Crippen LogP contribution in [0.1, 0.15) is 43.6 Å². The zero-order valence-electron chi connectivity index (χ0n) is 12.1. The zero-order valence-corrected chi connectivity index (χ0v) is 12.1. The number of ketones is 1. The normalized spacial score (nSPS) is 25.9. The zero-order chi connectivity index (χ0) is 13.9. The van der Waals surface area contributed by atoms with E-state index < -0.39 is 0 Å². The van der Waals surface area contributed by atoms with Crippen molar-refractivity contribution in [2.45, 2.75) is 44.1 Å². The lowest BCUT2D eigenvalue weighted by molar-refractivity contribution is -0.125. The average molecular weight is 269 g/mol. The summed E-state index contributed by atoms with van der Waals surface area (Å²) in [5.41, 5.74) is 2.57. The molecule has 0 aromatic heterocycles. The molecular weight excluding hydrogens is 246 g/mol. The van der Waals surface area contributed by atoms with Crippen molar-refractivity contribution in [1.29, 1.82) is 0 Å². The van der Waals surface area contributed by atoms with Crippen LogP contribution in [0.2, 0.25) is 0 Å². The number of allylic oxidation sites excluding steroid dienone is 1. The van der Waals surface area contributed by atoms with E-state index in [4.69, 9.17) is 0 Å². The van der Waals surface area contributed by atoms with Crippen LogP contribution in [0.5, 0.6) is 0 Å². The van der Waals surface area contributed by atoms with E-state index in [1.165, 1.54) is 18.4 Å². The van der Waals surface area contributed by atoms with Crippen LogP contribution < -0.4 is 0 Å². The molecule has 1 unspecified atom stereocenters. The fraction of sp³-hybridized carbons (Fsp3) is 0.500. The number of hydrogen-bond donors (Lipinski definition) is 0. The second-order valence-electron chi connectivity index (χ2n) is 6.17. The molecule has 20 heavy (non-hydrogen) atoms. The Morgan fingerprint density at radius 1 is 1.05 bits per heavy atom. The molecule has 0 radical (unpaired) electrons. The summed E-state index contributed by atoms with van der Waals surface area (Å²) in [6.45, 7) is 6.07. The molecule has 0 N–H and O–H groups in total. The van der Waals surface area contributed by atoms with Crippen molar-refractivity contribution in [3.63, 3.8) is 0 Å². The first-order valence-electron chi connectivity index (χ1n) is 7.72. The van der Waals surface area contributed by atoms with E-state index in [-0.39, 0.29) is 6.04 Å². The monoisotopic (exact) mass is 269 g/mol. The van der Waals surface area contributed by atoms with Crippen molar-refractivity contribution >= 4 is 5.78 Å². The van der Waals surface area contributed by atoms with Gasteiger partial charge in [-0.15, -0.1) is 0 Å². The second kappa shape index (κ2) is 5.92. The minimum Gasteiger partial charge on any atom is -0.298 e. The van der Waals surface area contributed by atoms with Crippen LogP contribution in [0.15, 0.2) is 42.5 Å². The molecule has 1 atom stereocenters. The number of carbonyl (C=O) groups excluding carboxylic acids is 1. The molecule has 1 aromatic rings. The summed E-state index contributed by atoms with van der Waals surface area (Å²) in [5, 5.41) is 0. The van der Waals surface area contributed by atoms with E-state index in [1.807, 2.05) is 0 Å². The summed E-state index contributed by atoms with van der Waals surface area (Å²) < 4.78 is 0. The van der Waals surface area contributed by atoms with Crippen molar-refractivity contribution in [3.8, 4) is 0 Å². The molecule has 3 rings (SSSR count). The van der Waals surface area contributed by atoms with Crippen LogP contribution in [0.25, 0.3) is 0 Å². The van der Waals surface area contributed by atoms with E-state index in [9.17, 15) is 4.79 Å². The van der Waals surface area contributed by atoms with Gasteiger partial charge in [-0.25, -0.2) is 0 Å². The largest absolute Gasteiger partial charge is 0.298 e. The number of Topliss-reactive ketones (excluding diaryl/α,β-unsaturated/α-hetero) is 1. The molecule has 2 aliphatic rings. The molecule has 1 saturated carbocycles. The molecule has 106 valence electrons. The molecule has 1 aliphatic carbocycles. The Kier molecular flexibility index (Phi) is 4.02. The number of piperidine rings is 1. The maximum atomic E-state index is 12.2. The molecule has 2 fully saturated rings. The molecule has 2 heteroatoms. The van der Waals surface area contributed by atoms with Gasteiger partial charge in [-0.1, -0.05) is 42.5 Å². The number of carbonyl (C=O) groups is 1. The van der Waals surface area contributed by atoms with Gasteiger partial charge in [0, 0.05) is 6.42 Å². The first-order chi connectivity index (χ1) is 9.74. The molecule has 1 saturated heterocycles. The Morgan fingerprint density at radius 2 is 1.75 bits per heavy atom. The first kappa shape index (κ1) is 13.6. The second-order valence-corrected chi connectivity index (χ2v) is 6.17. The molecule has 1 heterocycles. The molecule has 1 aromatic carbocycles. The summed E-state index contributed by atoms with van der Waals surface area (Å²) in [7, 11) is 0. The van der Waals surface area contributed by atoms with E-state index in [0.29, 0.717) is 18.1 Å². The van der Waals surface area contributed by atoms with Gasteiger partial charge in [-0.3, -0.25) is 9.69 Å². The summed E-state index contributed by atoms with van der Waals surface area (Å²) in [5.74, 6) is 1.06. The van der Waals surface area contributed by atoms with Gasteiger partial charge in [-0.2, -0.15) is 0 Å². The minimum absolute atomic E-state index is 0.164. The fourth-order valence-corrected chi connectivity index (χ4v) is 3.61. The van der Waals surface area contributed by atoms with Crippen molar-refractivity contribution in [1.82, 2.24) is 4.90 Å². The summed E-state index contributed by atoms with van der Waals surface area (Å²) >= 11 is 0. The highest BCUT2D eigenvalue weighted by Crippen LogP contribution is 2.31. The number of rotatable bonds is 2. The standard InChI is InChI=1S/C18H23NO/c1-14-7-8-17(18(20)13-14)19-11-9-16(10-12-19)15-5-3-2-4-6-15/h2-6,16-17H,1,7-13H2. The Balaban J connectivity index is 1.59. The molecule has 0 amide bonds. The highest BCUT2D eigenvalue weighted by atomic mass is 16.1. The van der Waals surface area contributed by atoms with Crippen molar-refractivity contribution < 1.29 is 4.79 Å². The van der Waals surface area contributed by atoms with Gasteiger partial charge in [0.15, 0.2) is 5.78 Å². The number of nitrogens with zero attached hydrogens (tertiary/aromatic N) is 1. The third-order valence-corrected chi connectivity index (χ3v) is 4.81. The van der Waals surface area contributed by atoms with Crippen LogP contribution in [0.3, 0.4) is 0 Å². The van der Waals surface area contributed by atoms with Gasteiger partial charge in [0.1, 0.15) is 0 Å². The third-order valence-electron chi connectivity index (χ3n) is 4.81. The molecule has 2 nitrogen and oxygen atoms in total. The average Bonchev–Trinajstić information content (AvgIpc) is 2.48. The Morgan fingerprint density at radius 3 is 2.40 bits per heavy atom. The highest BCUT2D eigenvalue weighted by Gasteiger charge is 2.32. The predicted octanol–water partition coefficient (Wildman–Crippen LogP) is 3.54. The lowest BCUT2D eigenvalue weighted by atomic mass is 9.85. The van der Waals surface area contributed by atoms with E-state index >= 15 is 0 Å². The molecular formula is C18H23NO. The quantitative estimate of drug-likeness (QED) is 0.765. The lowest BCUT2D eigenvalue weighted by Gasteiger charge is -2.38. The van der Waals surface area contributed by atoms with Crippen LogP contribution in [0, 0.1) is 0 Å². The minimum atomic E-state index is 0.164. The van der Waals surface area contributed by atoms with Crippen molar-refractivity contribution in [2.24, 2.45) is 0 Å². The maximum absolute atomic E-state index is 12.2. The van der Waals surface area contributed by atoms with Crippen LogP contribution in [0.4, 0.5) is 0 Å². The van der Waals surface area contributed by atoms with E-state index in [0.717, 1.165) is 31.5 Å². The van der Waals surface area contributed by atoms with Gasteiger partial charge in [0.05, 0.1) is 6.04 Å². The molecule has 0 spiro atoms. The van der Waals surface area contributed by atoms with Crippen molar-refractivity contribution in [2.75, 3.05) is 13.1 Å². The van der Waals surface area contributed by atoms with Gasteiger partial charge in [-0.05, 0) is 50.3 Å². The predicted molar refractivity (Wildman–Crippen MR) is 81.8 cm³/mol. The van der Waals surface area contributed by atoms with Crippen molar-refractivity contribution in [3.05, 3.63) is 48.0 Å². The van der Waals surface area contributed by atoms with Gasteiger partial charge >= 0.3 is 0 Å². The Bertz CT molecular complexity index is 485. The molecule has 0 bridgehead atoms. The lowest BCUT2D eigenvalue weighted by Crippen LogP contribution is -2.46. The Hall–Kier alpha value is -1.41. The van der Waals surface area contributed by atoms with E-state index in [2.05, 4.69) is 41.8 Å². The van der Waals surface area contributed by atoms with Gasteiger partial charge < -0.3 is 0 Å². The van der Waals surface area contributed by atoms with Gasteiger partial charge in [0.2, 0.25) is 0 Å². The molecule has 1 aliphatic heterocycles. The fourth-order valence-electron chi connectivity index (χ4n) is 3.61. The Labute approximate surface area is 121 Å². The van der Waals surface area contributed by atoms with Crippen LogP contribution in [-0.4, -0.2) is 29.8 Å². The van der Waals surface area contributed by atoms with Crippen LogP contribution >= 0.6 is 0 Å². The topological polar surface area (TPSA) is 20.3 Å². The summed E-state index contributed by atoms with van der Waals surface area (Å²) in [4.78, 5) is 14.6. The van der Waals surface area contributed by atoms with Gasteiger partial charge in [0.25, 0.3) is 0 Å². The number of likely N-dealkylation sites (tertiary alicyclic amines) is 1. The maximum Gasteiger partial charge on any atom is 0.153 e. The summed E-state index contributed by atoms with van der Waals surface area (Å²) in [6, 6.07) is 11.0. The highest BCUT2D eigenvalue weighted by molar-refractivity contribution is 5.87. The smallest absolute Gasteiger partial charge is 0.153 e. The van der Waals surface area contributed by atoms with Crippen LogP contribution in [-0.2, 0) is 4.79 Å².